The maximum Gasteiger partial charge on any atom is 0.156 e. The zero-order valence-corrected chi connectivity index (χ0v) is 10.2. The summed E-state index contributed by atoms with van der Waals surface area (Å²) in [5.41, 5.74) is 2.68. The third kappa shape index (κ3) is 2.55. The van der Waals surface area contributed by atoms with Crippen LogP contribution in [0.3, 0.4) is 0 Å². The van der Waals surface area contributed by atoms with Gasteiger partial charge in [-0.25, -0.2) is 0 Å². The van der Waals surface area contributed by atoms with Gasteiger partial charge in [0.15, 0.2) is 5.17 Å². The van der Waals surface area contributed by atoms with Crippen molar-refractivity contribution in [3.05, 3.63) is 35.9 Å². The van der Waals surface area contributed by atoms with Gasteiger partial charge in [-0.3, -0.25) is 0 Å². The van der Waals surface area contributed by atoms with Gasteiger partial charge in [0, 0.05) is 5.56 Å². The highest BCUT2D eigenvalue weighted by Crippen LogP contribution is 2.26. The number of nitrogens with zero attached hydrogens (tertiary/aromatic N) is 1. The minimum absolute atomic E-state index is 0.253. The Morgan fingerprint density at radius 1 is 1.50 bits per heavy atom. The summed E-state index contributed by atoms with van der Waals surface area (Å²) < 4.78 is 5.13. The molecule has 0 aliphatic rings. The fourth-order valence-electron chi connectivity index (χ4n) is 1.39. The molecule has 1 aromatic rings. The van der Waals surface area contributed by atoms with Crippen LogP contribution < -0.4 is 10.6 Å². The second kappa shape index (κ2) is 5.56. The van der Waals surface area contributed by atoms with Crippen LogP contribution in [-0.2, 0) is 0 Å². The van der Waals surface area contributed by atoms with Crippen molar-refractivity contribution in [2.24, 2.45) is 10.9 Å². The molecule has 0 heterocycles. The first-order chi connectivity index (χ1) is 7.63. The summed E-state index contributed by atoms with van der Waals surface area (Å²) in [5.74, 6) is 5.90. The van der Waals surface area contributed by atoms with E-state index in [1.54, 1.807) is 13.2 Å². The molecule has 0 bridgehead atoms. The molecule has 0 aromatic heterocycles. The lowest BCUT2D eigenvalue weighted by molar-refractivity contribution is 0.414. The lowest BCUT2D eigenvalue weighted by Gasteiger charge is -2.11. The average Bonchev–Trinajstić information content (AvgIpc) is 2.36. The van der Waals surface area contributed by atoms with E-state index in [1.807, 2.05) is 19.1 Å². The highest BCUT2D eigenvalue weighted by atomic mass is 35.5. The summed E-state index contributed by atoms with van der Waals surface area (Å²) in [5, 5.41) is 3.75. The van der Waals surface area contributed by atoms with Gasteiger partial charge in [-0.2, -0.15) is 5.10 Å². The van der Waals surface area contributed by atoms with Crippen molar-refractivity contribution in [2.45, 2.75) is 13.3 Å². The van der Waals surface area contributed by atoms with Gasteiger partial charge in [-0.05, 0) is 29.7 Å². The van der Waals surface area contributed by atoms with Gasteiger partial charge in [0.2, 0.25) is 0 Å². The van der Waals surface area contributed by atoms with E-state index in [0.717, 1.165) is 23.1 Å². The van der Waals surface area contributed by atoms with Gasteiger partial charge in [-0.15, -0.1) is 0 Å². The van der Waals surface area contributed by atoms with Gasteiger partial charge in [-0.1, -0.05) is 31.2 Å². The normalized spacial score (nSPS) is 11.3. The molecular formula is C12H15ClN2O. The number of methoxy groups -OCH3 is 1. The van der Waals surface area contributed by atoms with Gasteiger partial charge >= 0.3 is 0 Å². The predicted molar refractivity (Wildman–Crippen MR) is 68.9 cm³/mol. The van der Waals surface area contributed by atoms with Crippen LogP contribution in [-0.4, -0.2) is 12.3 Å². The Bertz CT molecular complexity index is 427. The Labute approximate surface area is 101 Å². The van der Waals surface area contributed by atoms with Crippen molar-refractivity contribution < 1.29 is 4.74 Å². The Hall–Kier alpha value is -1.48. The molecule has 0 unspecified atom stereocenters. The van der Waals surface area contributed by atoms with Gasteiger partial charge < -0.3 is 10.6 Å². The first-order valence-electron chi connectivity index (χ1n) is 4.94. The van der Waals surface area contributed by atoms with Crippen molar-refractivity contribution in [3.63, 3.8) is 0 Å². The number of benzene rings is 1. The number of nitrogens with two attached hydrogens (primary N) is 1. The van der Waals surface area contributed by atoms with E-state index in [2.05, 4.69) is 11.7 Å². The van der Waals surface area contributed by atoms with E-state index in [4.69, 9.17) is 22.2 Å². The van der Waals surface area contributed by atoms with E-state index in [0.29, 0.717) is 5.75 Å². The van der Waals surface area contributed by atoms with Crippen molar-refractivity contribution >= 4 is 22.3 Å². The lowest BCUT2D eigenvalue weighted by atomic mass is 9.99. The maximum absolute atomic E-state index is 5.95. The Morgan fingerprint density at radius 3 is 2.69 bits per heavy atom. The Morgan fingerprint density at radius 2 is 2.19 bits per heavy atom. The van der Waals surface area contributed by atoms with Crippen LogP contribution in [0.4, 0.5) is 0 Å². The summed E-state index contributed by atoms with van der Waals surface area (Å²) in [6.45, 7) is 6.01. The van der Waals surface area contributed by atoms with Crippen LogP contribution in [0.2, 0.25) is 0 Å². The fraction of sp³-hybridized carbons (Fsp3) is 0.250. The van der Waals surface area contributed by atoms with Crippen molar-refractivity contribution in [1.29, 1.82) is 0 Å². The van der Waals surface area contributed by atoms with Crippen LogP contribution in [0.25, 0.3) is 5.57 Å². The third-order valence-corrected chi connectivity index (χ3v) is 2.67. The summed E-state index contributed by atoms with van der Waals surface area (Å²) >= 11 is 5.95. The first-order valence-corrected chi connectivity index (χ1v) is 5.31. The van der Waals surface area contributed by atoms with Crippen molar-refractivity contribution in [3.8, 4) is 5.75 Å². The van der Waals surface area contributed by atoms with E-state index in [1.165, 1.54) is 0 Å². The molecule has 3 nitrogen and oxygen atoms in total. The Kier molecular flexibility index (Phi) is 4.38. The van der Waals surface area contributed by atoms with Crippen LogP contribution >= 0.6 is 11.6 Å². The SMILES string of the molecule is C=C(CC)c1ccc(OC)cc1/C(Cl)=N\N. The van der Waals surface area contributed by atoms with E-state index in [-0.39, 0.29) is 5.17 Å². The highest BCUT2D eigenvalue weighted by molar-refractivity contribution is 6.69. The summed E-state index contributed by atoms with van der Waals surface area (Å²) in [4.78, 5) is 0. The topological polar surface area (TPSA) is 47.6 Å². The number of allylic oxidation sites excluding steroid dienone is 1. The molecule has 0 radical (unpaired) electrons. The number of hydrogen-bond acceptors (Lipinski definition) is 3. The van der Waals surface area contributed by atoms with Crippen molar-refractivity contribution in [1.82, 2.24) is 0 Å². The molecule has 0 saturated heterocycles. The van der Waals surface area contributed by atoms with E-state index >= 15 is 0 Å². The molecule has 0 saturated carbocycles. The summed E-state index contributed by atoms with van der Waals surface area (Å²) in [6.07, 6.45) is 0.841. The molecule has 86 valence electrons. The molecule has 0 atom stereocenters. The zero-order chi connectivity index (χ0) is 12.1. The molecule has 0 aliphatic heterocycles. The molecule has 1 rings (SSSR count). The molecule has 0 amide bonds. The molecule has 0 spiro atoms. The lowest BCUT2D eigenvalue weighted by Crippen LogP contribution is -2.01. The number of hydrogen-bond donors (Lipinski definition) is 1. The molecular weight excluding hydrogens is 224 g/mol. The minimum atomic E-state index is 0.253. The van der Waals surface area contributed by atoms with Gasteiger partial charge in [0.25, 0.3) is 0 Å². The fourth-order valence-corrected chi connectivity index (χ4v) is 1.55. The summed E-state index contributed by atoms with van der Waals surface area (Å²) in [7, 11) is 1.60. The maximum atomic E-state index is 5.95. The standard InChI is InChI=1S/C12H15ClN2O/c1-4-8(2)10-6-5-9(16-3)7-11(10)12(13)15-14/h5-7H,2,4,14H2,1,3H3/b15-12+. The third-order valence-electron chi connectivity index (χ3n) is 2.37. The molecule has 0 fully saturated rings. The predicted octanol–water partition coefficient (Wildman–Crippen LogP) is 2.98. The van der Waals surface area contributed by atoms with E-state index in [9.17, 15) is 0 Å². The van der Waals surface area contributed by atoms with Crippen LogP contribution in [0, 0.1) is 0 Å². The quantitative estimate of drug-likeness (QED) is 0.498. The molecule has 1 aromatic carbocycles. The first kappa shape index (κ1) is 12.6. The number of ether oxygens (including phenoxy) is 1. The second-order valence-electron chi connectivity index (χ2n) is 3.29. The average molecular weight is 239 g/mol. The highest BCUT2D eigenvalue weighted by Gasteiger charge is 2.10. The monoisotopic (exact) mass is 238 g/mol. The number of rotatable bonds is 4. The largest absolute Gasteiger partial charge is 0.497 e. The van der Waals surface area contributed by atoms with Crippen LogP contribution in [0.5, 0.6) is 5.75 Å². The van der Waals surface area contributed by atoms with Crippen LogP contribution in [0.15, 0.2) is 29.9 Å². The van der Waals surface area contributed by atoms with Gasteiger partial charge in [0.05, 0.1) is 7.11 Å². The molecule has 4 heteroatoms. The molecule has 2 N–H and O–H groups in total. The molecule has 0 aliphatic carbocycles. The summed E-state index contributed by atoms with van der Waals surface area (Å²) in [6, 6.07) is 5.57. The minimum Gasteiger partial charge on any atom is -0.497 e. The Balaban J connectivity index is 3.32. The van der Waals surface area contributed by atoms with Gasteiger partial charge in [0.1, 0.15) is 5.75 Å². The zero-order valence-electron chi connectivity index (χ0n) is 9.46. The molecule has 16 heavy (non-hydrogen) atoms. The second-order valence-corrected chi connectivity index (χ2v) is 3.65. The number of hydrazone groups is 1. The van der Waals surface area contributed by atoms with E-state index < -0.39 is 0 Å². The number of halogens is 1. The van der Waals surface area contributed by atoms with Crippen molar-refractivity contribution in [2.75, 3.05) is 7.11 Å². The van der Waals surface area contributed by atoms with Crippen LogP contribution in [0.1, 0.15) is 24.5 Å². The smallest absolute Gasteiger partial charge is 0.156 e.